The van der Waals surface area contributed by atoms with Gasteiger partial charge in [-0.25, -0.2) is 0 Å². The summed E-state index contributed by atoms with van der Waals surface area (Å²) in [5, 5.41) is 17.3. The molecule has 0 amide bonds. The number of ether oxygens (including phenoxy) is 1. The van der Waals surface area contributed by atoms with E-state index in [1.54, 1.807) is 0 Å². The van der Waals surface area contributed by atoms with Gasteiger partial charge in [0.25, 0.3) is 0 Å². The summed E-state index contributed by atoms with van der Waals surface area (Å²) in [7, 11) is 0. The fourth-order valence-electron chi connectivity index (χ4n) is 0.757. The van der Waals surface area contributed by atoms with Gasteiger partial charge < -0.3 is 14.9 Å². The molecule has 0 saturated carbocycles. The summed E-state index contributed by atoms with van der Waals surface area (Å²) in [6.45, 7) is -0.299. The molecule has 0 bridgehead atoms. The second-order valence-electron chi connectivity index (χ2n) is 1.98. The Morgan fingerprint density at radius 3 is 2.67 bits per heavy atom. The monoisotopic (exact) mass is 132 g/mol. The minimum atomic E-state index is -0.817. The molecule has 4 heteroatoms. The van der Waals surface area contributed by atoms with Crippen LogP contribution in [0.25, 0.3) is 0 Å². The van der Waals surface area contributed by atoms with Crippen LogP contribution in [0.4, 0.5) is 0 Å². The van der Waals surface area contributed by atoms with E-state index in [0.29, 0.717) is 0 Å². The Labute approximate surface area is 52.1 Å². The quantitative estimate of drug-likeness (QED) is 0.433. The summed E-state index contributed by atoms with van der Waals surface area (Å²) in [5.74, 6) is -0.443. The molecule has 52 valence electrons. The van der Waals surface area contributed by atoms with Gasteiger partial charge >= 0.3 is 5.97 Å². The molecule has 0 aromatic carbocycles. The Kier molecular flexibility index (Phi) is 1.68. The number of rotatable bonds is 1. The lowest BCUT2D eigenvalue weighted by molar-refractivity contribution is -0.143. The summed E-state index contributed by atoms with van der Waals surface area (Å²) >= 11 is 0. The van der Waals surface area contributed by atoms with Crippen LogP contribution in [0.5, 0.6) is 0 Å². The number of cyclic esters (lactones) is 1. The van der Waals surface area contributed by atoms with Crippen molar-refractivity contribution in [2.24, 2.45) is 0 Å². The molecule has 0 aromatic heterocycles. The van der Waals surface area contributed by atoms with Gasteiger partial charge in [-0.3, -0.25) is 4.79 Å². The molecule has 1 saturated heterocycles. The van der Waals surface area contributed by atoms with Gasteiger partial charge in [-0.1, -0.05) is 0 Å². The van der Waals surface area contributed by atoms with E-state index in [0.717, 1.165) is 0 Å². The van der Waals surface area contributed by atoms with Crippen LogP contribution in [0.1, 0.15) is 6.42 Å². The lowest BCUT2D eigenvalue weighted by atomic mass is 10.2. The molecule has 1 heterocycles. The highest BCUT2D eigenvalue weighted by atomic mass is 16.6. The molecule has 1 rings (SSSR count). The molecule has 2 N–H and O–H groups in total. The Balaban J connectivity index is 2.47. The molecular weight excluding hydrogens is 124 g/mol. The van der Waals surface area contributed by atoms with Crippen LogP contribution in [0.3, 0.4) is 0 Å². The Bertz CT molecular complexity index is 122. The lowest BCUT2D eigenvalue weighted by Gasteiger charge is -2.07. The largest absolute Gasteiger partial charge is 0.457 e. The van der Waals surface area contributed by atoms with Gasteiger partial charge in [0.15, 0.2) is 6.10 Å². The van der Waals surface area contributed by atoms with Crippen LogP contribution in [-0.4, -0.2) is 35.0 Å². The third-order valence-corrected chi connectivity index (χ3v) is 1.27. The molecule has 1 aliphatic rings. The van der Waals surface area contributed by atoms with Crippen molar-refractivity contribution < 1.29 is 19.7 Å². The Hall–Kier alpha value is -0.610. The fourth-order valence-corrected chi connectivity index (χ4v) is 0.757. The second-order valence-corrected chi connectivity index (χ2v) is 1.98. The molecule has 4 nitrogen and oxygen atoms in total. The molecular formula is C5H8O4. The molecule has 1 fully saturated rings. The average Bonchev–Trinajstić information content (AvgIpc) is 2.10. The molecule has 0 radical (unpaired) electrons. The van der Waals surface area contributed by atoms with Crippen LogP contribution in [0.15, 0.2) is 0 Å². The number of esters is 1. The smallest absolute Gasteiger partial charge is 0.309 e. The minimum absolute atomic E-state index is 0.00519. The zero-order valence-electron chi connectivity index (χ0n) is 4.78. The molecule has 9 heavy (non-hydrogen) atoms. The molecule has 0 unspecified atom stereocenters. The van der Waals surface area contributed by atoms with Crippen molar-refractivity contribution in [2.45, 2.75) is 18.6 Å². The van der Waals surface area contributed by atoms with Crippen LogP contribution >= 0.6 is 0 Å². The zero-order valence-corrected chi connectivity index (χ0v) is 4.78. The molecule has 2 atom stereocenters. The third-order valence-electron chi connectivity index (χ3n) is 1.27. The SMILES string of the molecule is O=C1C[C@@H](O)[C@H](CO)O1. The van der Waals surface area contributed by atoms with Gasteiger partial charge in [0.1, 0.15) is 6.10 Å². The fraction of sp³-hybridized carbons (Fsp3) is 0.800. The van der Waals surface area contributed by atoms with Crippen molar-refractivity contribution in [2.75, 3.05) is 6.61 Å². The summed E-state index contributed by atoms with van der Waals surface area (Å²) in [4.78, 5) is 10.3. The van der Waals surface area contributed by atoms with E-state index < -0.39 is 18.2 Å². The highest BCUT2D eigenvalue weighted by Crippen LogP contribution is 2.13. The first-order chi connectivity index (χ1) is 4.24. The number of hydrogen-bond acceptors (Lipinski definition) is 4. The topological polar surface area (TPSA) is 66.8 Å². The standard InChI is InChI=1S/C5H8O4/c6-2-4-3(7)1-5(8)9-4/h3-4,6-7H,1-2H2/t3-,4+/m1/s1. The van der Waals surface area contributed by atoms with E-state index in [1.165, 1.54) is 0 Å². The van der Waals surface area contributed by atoms with E-state index in [-0.39, 0.29) is 13.0 Å². The van der Waals surface area contributed by atoms with Crippen LogP contribution < -0.4 is 0 Å². The van der Waals surface area contributed by atoms with Gasteiger partial charge in [0.05, 0.1) is 13.0 Å². The first-order valence-corrected chi connectivity index (χ1v) is 2.72. The van der Waals surface area contributed by atoms with Crippen molar-refractivity contribution >= 4 is 5.97 Å². The zero-order chi connectivity index (χ0) is 6.85. The number of aliphatic hydroxyl groups excluding tert-OH is 2. The van der Waals surface area contributed by atoms with E-state index in [2.05, 4.69) is 4.74 Å². The highest BCUT2D eigenvalue weighted by molar-refractivity contribution is 5.72. The molecule has 0 aromatic rings. The van der Waals surface area contributed by atoms with Crippen molar-refractivity contribution in [1.82, 2.24) is 0 Å². The minimum Gasteiger partial charge on any atom is -0.457 e. The predicted molar refractivity (Wildman–Crippen MR) is 27.6 cm³/mol. The maximum absolute atomic E-state index is 10.3. The molecule has 0 spiro atoms. The first-order valence-electron chi connectivity index (χ1n) is 2.72. The maximum atomic E-state index is 10.3. The summed E-state index contributed by atoms with van der Waals surface area (Å²) in [6.07, 6.45) is -1.51. The number of hydrogen-bond donors (Lipinski definition) is 2. The van der Waals surface area contributed by atoms with Crippen molar-refractivity contribution in [3.63, 3.8) is 0 Å². The molecule has 1 aliphatic heterocycles. The lowest BCUT2D eigenvalue weighted by Crippen LogP contribution is -2.24. The van der Waals surface area contributed by atoms with Crippen molar-refractivity contribution in [1.29, 1.82) is 0 Å². The number of carbonyl (C=O) groups is 1. The van der Waals surface area contributed by atoms with Gasteiger partial charge in [0, 0.05) is 0 Å². The summed E-state index contributed by atoms with van der Waals surface area (Å²) in [5.41, 5.74) is 0. The van der Waals surface area contributed by atoms with Crippen LogP contribution in [0, 0.1) is 0 Å². The summed E-state index contributed by atoms with van der Waals surface area (Å²) < 4.78 is 4.48. The highest BCUT2D eigenvalue weighted by Gasteiger charge is 2.32. The van der Waals surface area contributed by atoms with E-state index in [9.17, 15) is 4.79 Å². The van der Waals surface area contributed by atoms with Gasteiger partial charge in [-0.15, -0.1) is 0 Å². The van der Waals surface area contributed by atoms with Crippen molar-refractivity contribution in [3.8, 4) is 0 Å². The third kappa shape index (κ3) is 1.20. The van der Waals surface area contributed by atoms with E-state index >= 15 is 0 Å². The van der Waals surface area contributed by atoms with E-state index in [1.807, 2.05) is 0 Å². The first kappa shape index (κ1) is 6.51. The second kappa shape index (κ2) is 2.33. The Morgan fingerprint density at radius 2 is 2.44 bits per heavy atom. The van der Waals surface area contributed by atoms with Gasteiger partial charge in [0.2, 0.25) is 0 Å². The average molecular weight is 132 g/mol. The number of carbonyl (C=O) groups excluding carboxylic acids is 1. The maximum Gasteiger partial charge on any atom is 0.309 e. The van der Waals surface area contributed by atoms with Crippen LogP contribution in [-0.2, 0) is 9.53 Å². The van der Waals surface area contributed by atoms with Gasteiger partial charge in [-0.05, 0) is 0 Å². The number of aliphatic hydroxyl groups is 2. The van der Waals surface area contributed by atoms with Crippen molar-refractivity contribution in [3.05, 3.63) is 0 Å². The predicted octanol–water partition coefficient (Wildman–Crippen LogP) is -1.34. The Morgan fingerprint density at radius 1 is 1.78 bits per heavy atom. The van der Waals surface area contributed by atoms with Crippen LogP contribution in [0.2, 0.25) is 0 Å². The summed E-state index contributed by atoms with van der Waals surface area (Å²) in [6, 6.07) is 0. The normalized spacial score (nSPS) is 34.7. The van der Waals surface area contributed by atoms with E-state index in [4.69, 9.17) is 10.2 Å². The van der Waals surface area contributed by atoms with Gasteiger partial charge in [-0.2, -0.15) is 0 Å². The molecule has 0 aliphatic carbocycles.